The monoisotopic (exact) mass is 334 g/mol. The van der Waals surface area contributed by atoms with Gasteiger partial charge in [0.1, 0.15) is 0 Å². The molecule has 1 aromatic rings. The van der Waals surface area contributed by atoms with Crippen molar-refractivity contribution in [2.45, 2.75) is 46.1 Å². The number of ether oxygens (including phenoxy) is 1. The van der Waals surface area contributed by atoms with E-state index in [1.807, 2.05) is 25.1 Å². The maximum Gasteiger partial charge on any atom is 0.251 e. The van der Waals surface area contributed by atoms with Crippen LogP contribution in [0.25, 0.3) is 0 Å². The highest BCUT2D eigenvalue weighted by molar-refractivity contribution is 5.97. The van der Waals surface area contributed by atoms with Crippen molar-refractivity contribution in [3.63, 3.8) is 0 Å². The van der Waals surface area contributed by atoms with Crippen molar-refractivity contribution in [1.29, 1.82) is 0 Å². The zero-order valence-electron chi connectivity index (χ0n) is 15.2. The molecule has 0 aromatic heterocycles. The number of carbonyl (C=O) groups excluding carboxylic acids is 1. The van der Waals surface area contributed by atoms with Gasteiger partial charge in [-0.25, -0.2) is 0 Å². The molecule has 1 fully saturated rings. The topological polar surface area (TPSA) is 70.6 Å². The molecule has 0 bridgehead atoms. The Morgan fingerprint density at radius 2 is 1.96 bits per heavy atom. The van der Waals surface area contributed by atoms with Crippen LogP contribution in [0.3, 0.4) is 0 Å². The second-order valence-corrected chi connectivity index (χ2v) is 7.91. The zero-order chi connectivity index (χ0) is 17.8. The number of aliphatic hydroxyl groups is 1. The summed E-state index contributed by atoms with van der Waals surface area (Å²) in [6, 6.07) is 5.70. The summed E-state index contributed by atoms with van der Waals surface area (Å²) in [7, 11) is 0. The summed E-state index contributed by atoms with van der Waals surface area (Å²) in [6.07, 6.45) is 1.11. The number of benzene rings is 1. The quantitative estimate of drug-likeness (QED) is 0.774. The Bertz CT molecular complexity index is 572. The van der Waals surface area contributed by atoms with Gasteiger partial charge < -0.3 is 20.5 Å². The first-order valence-electron chi connectivity index (χ1n) is 8.62. The number of hydrogen-bond donors (Lipinski definition) is 3. The third-order valence-corrected chi connectivity index (χ3v) is 4.39. The first-order chi connectivity index (χ1) is 11.2. The standard InChI is InChI=1S/C19H30N2O3/c1-14-15(6-5-7-16(14)20-12-18(2,3)4)17(22)21-13-19(23)8-10-24-11-9-19/h5-7,20,23H,8-13H2,1-4H3,(H,21,22). The second-order valence-electron chi connectivity index (χ2n) is 7.91. The van der Waals surface area contributed by atoms with Crippen LogP contribution >= 0.6 is 0 Å². The van der Waals surface area contributed by atoms with Gasteiger partial charge in [0.25, 0.3) is 5.91 Å². The Kier molecular flexibility index (Phi) is 5.88. The van der Waals surface area contributed by atoms with Crippen LogP contribution in [-0.4, -0.2) is 42.9 Å². The van der Waals surface area contributed by atoms with Crippen molar-refractivity contribution in [3.8, 4) is 0 Å². The zero-order valence-corrected chi connectivity index (χ0v) is 15.2. The van der Waals surface area contributed by atoms with E-state index in [0.717, 1.165) is 17.8 Å². The number of carbonyl (C=O) groups is 1. The lowest BCUT2D eigenvalue weighted by Crippen LogP contribution is -2.46. The molecular formula is C19H30N2O3. The van der Waals surface area contributed by atoms with Gasteiger partial charge in [0, 0.05) is 50.4 Å². The fraction of sp³-hybridized carbons (Fsp3) is 0.632. The maximum absolute atomic E-state index is 12.5. The predicted octanol–water partition coefficient (Wildman–Crippen LogP) is 2.72. The van der Waals surface area contributed by atoms with E-state index >= 15 is 0 Å². The molecule has 0 spiro atoms. The Morgan fingerprint density at radius 3 is 2.58 bits per heavy atom. The van der Waals surface area contributed by atoms with Crippen molar-refractivity contribution in [3.05, 3.63) is 29.3 Å². The second kappa shape index (κ2) is 7.53. The van der Waals surface area contributed by atoms with Crippen LogP contribution in [0.1, 0.15) is 49.5 Å². The molecule has 1 amide bonds. The molecule has 2 rings (SSSR count). The summed E-state index contributed by atoms with van der Waals surface area (Å²) < 4.78 is 5.26. The minimum atomic E-state index is -0.857. The average Bonchev–Trinajstić information content (AvgIpc) is 2.52. The van der Waals surface area contributed by atoms with E-state index in [2.05, 4.69) is 31.4 Å². The Hall–Kier alpha value is -1.59. The molecule has 0 saturated carbocycles. The van der Waals surface area contributed by atoms with Crippen molar-refractivity contribution < 1.29 is 14.6 Å². The molecule has 1 aromatic carbocycles. The van der Waals surface area contributed by atoms with Crippen LogP contribution in [0.15, 0.2) is 18.2 Å². The Morgan fingerprint density at radius 1 is 1.29 bits per heavy atom. The van der Waals surface area contributed by atoms with Crippen LogP contribution in [0, 0.1) is 12.3 Å². The Labute approximate surface area is 144 Å². The number of nitrogens with one attached hydrogen (secondary N) is 2. The third kappa shape index (κ3) is 5.21. The summed E-state index contributed by atoms with van der Waals surface area (Å²) in [6.45, 7) is 10.6. The molecule has 1 heterocycles. The molecule has 134 valence electrons. The Balaban J connectivity index is 2.01. The molecular weight excluding hydrogens is 304 g/mol. The molecule has 0 unspecified atom stereocenters. The molecule has 0 atom stereocenters. The van der Waals surface area contributed by atoms with E-state index in [1.54, 1.807) is 0 Å². The lowest BCUT2D eigenvalue weighted by atomic mass is 9.94. The van der Waals surface area contributed by atoms with Gasteiger partial charge in [-0.05, 0) is 30.0 Å². The van der Waals surface area contributed by atoms with E-state index in [0.29, 0.717) is 31.6 Å². The lowest BCUT2D eigenvalue weighted by molar-refractivity contribution is -0.0605. The summed E-state index contributed by atoms with van der Waals surface area (Å²) in [5, 5.41) is 16.8. The molecule has 5 heteroatoms. The molecule has 3 N–H and O–H groups in total. The molecule has 1 saturated heterocycles. The first kappa shape index (κ1) is 18.7. The van der Waals surface area contributed by atoms with E-state index < -0.39 is 5.60 Å². The number of rotatable bonds is 5. The van der Waals surface area contributed by atoms with Crippen LogP contribution < -0.4 is 10.6 Å². The van der Waals surface area contributed by atoms with Crippen LogP contribution in [-0.2, 0) is 4.74 Å². The van der Waals surface area contributed by atoms with Crippen LogP contribution in [0.2, 0.25) is 0 Å². The van der Waals surface area contributed by atoms with Crippen LogP contribution in [0.5, 0.6) is 0 Å². The van der Waals surface area contributed by atoms with Gasteiger partial charge in [-0.2, -0.15) is 0 Å². The summed E-state index contributed by atoms with van der Waals surface area (Å²) in [5.74, 6) is -0.146. The van der Waals surface area contributed by atoms with Gasteiger partial charge in [-0.15, -0.1) is 0 Å². The van der Waals surface area contributed by atoms with Gasteiger partial charge in [0.15, 0.2) is 0 Å². The average molecular weight is 334 g/mol. The van der Waals surface area contributed by atoms with E-state index in [1.165, 1.54) is 0 Å². The van der Waals surface area contributed by atoms with Crippen molar-refractivity contribution >= 4 is 11.6 Å². The highest BCUT2D eigenvalue weighted by Crippen LogP contribution is 2.23. The van der Waals surface area contributed by atoms with Crippen molar-refractivity contribution in [2.24, 2.45) is 5.41 Å². The summed E-state index contributed by atoms with van der Waals surface area (Å²) >= 11 is 0. The van der Waals surface area contributed by atoms with E-state index in [-0.39, 0.29) is 17.9 Å². The highest BCUT2D eigenvalue weighted by Gasteiger charge is 2.30. The summed E-state index contributed by atoms with van der Waals surface area (Å²) in [5.41, 5.74) is 1.85. The van der Waals surface area contributed by atoms with Gasteiger partial charge in [-0.1, -0.05) is 26.8 Å². The number of amides is 1. The maximum atomic E-state index is 12.5. The largest absolute Gasteiger partial charge is 0.388 e. The van der Waals surface area contributed by atoms with Gasteiger partial charge in [-0.3, -0.25) is 4.79 Å². The fourth-order valence-electron chi connectivity index (χ4n) is 2.70. The van der Waals surface area contributed by atoms with Crippen molar-refractivity contribution in [2.75, 3.05) is 31.6 Å². The predicted molar refractivity (Wildman–Crippen MR) is 96.5 cm³/mol. The highest BCUT2D eigenvalue weighted by atomic mass is 16.5. The molecule has 5 nitrogen and oxygen atoms in total. The minimum absolute atomic E-state index is 0.146. The molecule has 1 aliphatic rings. The SMILES string of the molecule is Cc1c(NCC(C)(C)C)cccc1C(=O)NCC1(O)CCOCC1. The molecule has 24 heavy (non-hydrogen) atoms. The summed E-state index contributed by atoms with van der Waals surface area (Å²) in [4.78, 5) is 12.5. The number of anilines is 1. The molecule has 0 radical (unpaired) electrons. The van der Waals surface area contributed by atoms with Gasteiger partial charge >= 0.3 is 0 Å². The van der Waals surface area contributed by atoms with Crippen LogP contribution in [0.4, 0.5) is 5.69 Å². The third-order valence-electron chi connectivity index (χ3n) is 4.39. The van der Waals surface area contributed by atoms with E-state index in [4.69, 9.17) is 4.74 Å². The molecule has 1 aliphatic heterocycles. The smallest absolute Gasteiger partial charge is 0.251 e. The number of hydrogen-bond acceptors (Lipinski definition) is 4. The fourth-order valence-corrected chi connectivity index (χ4v) is 2.70. The van der Waals surface area contributed by atoms with E-state index in [9.17, 15) is 9.90 Å². The normalized spacial score (nSPS) is 17.4. The lowest BCUT2D eigenvalue weighted by Gasteiger charge is -2.32. The minimum Gasteiger partial charge on any atom is -0.388 e. The van der Waals surface area contributed by atoms with Gasteiger partial charge in [0.2, 0.25) is 0 Å². The first-order valence-corrected chi connectivity index (χ1v) is 8.62. The van der Waals surface area contributed by atoms with Crippen molar-refractivity contribution in [1.82, 2.24) is 5.32 Å². The molecule has 0 aliphatic carbocycles. The van der Waals surface area contributed by atoms with Gasteiger partial charge in [0.05, 0.1) is 5.60 Å².